The van der Waals surface area contributed by atoms with E-state index in [9.17, 15) is 4.79 Å². The van der Waals surface area contributed by atoms with Crippen LogP contribution in [0.25, 0.3) is 0 Å². The van der Waals surface area contributed by atoms with Crippen LogP contribution >= 0.6 is 34.7 Å². The Hall–Kier alpha value is -1.57. The first kappa shape index (κ1) is 17.8. The second-order valence-corrected chi connectivity index (χ2v) is 7.65. The van der Waals surface area contributed by atoms with Crippen molar-refractivity contribution < 1.29 is 4.79 Å². The number of carbonyl (C=O) groups excluding carboxylic acids is 1. The van der Waals surface area contributed by atoms with Gasteiger partial charge in [-0.2, -0.15) is 0 Å². The predicted molar refractivity (Wildman–Crippen MR) is 97.2 cm³/mol. The van der Waals surface area contributed by atoms with Gasteiger partial charge in [0.15, 0.2) is 4.34 Å². The molecule has 0 aliphatic heterocycles. The number of hydrogen-bond acceptors (Lipinski definition) is 6. The molecule has 2 N–H and O–H groups in total. The molecule has 1 aromatic heterocycles. The van der Waals surface area contributed by atoms with Gasteiger partial charge in [-0.1, -0.05) is 52.9 Å². The second-order valence-electron chi connectivity index (χ2n) is 4.65. The van der Waals surface area contributed by atoms with Crippen molar-refractivity contribution in [1.82, 2.24) is 15.5 Å². The standard InChI is InChI=1S/C15H17ClN4OS2/c1-3-8-17-14-19-20-15(23-14)22-10(2)13(21)18-9-11-4-6-12(16)7-5-11/h3-7,10H,1,8-9H2,2H3,(H,17,19)(H,18,21). The first-order valence-corrected chi connectivity index (χ1v) is 9.03. The monoisotopic (exact) mass is 368 g/mol. The Balaban J connectivity index is 1.81. The summed E-state index contributed by atoms with van der Waals surface area (Å²) in [7, 11) is 0. The van der Waals surface area contributed by atoms with Crippen LogP contribution in [0, 0.1) is 0 Å². The van der Waals surface area contributed by atoms with Crippen molar-refractivity contribution in [3.05, 3.63) is 47.5 Å². The number of amides is 1. The van der Waals surface area contributed by atoms with E-state index < -0.39 is 0 Å². The van der Waals surface area contributed by atoms with E-state index in [1.165, 1.54) is 23.1 Å². The van der Waals surface area contributed by atoms with Crippen LogP contribution in [0.15, 0.2) is 41.3 Å². The predicted octanol–water partition coefficient (Wildman–Crippen LogP) is 3.59. The number of benzene rings is 1. The zero-order valence-corrected chi connectivity index (χ0v) is 15.0. The normalized spacial score (nSPS) is 11.7. The SMILES string of the molecule is C=CCNc1nnc(SC(C)C(=O)NCc2ccc(Cl)cc2)s1. The fourth-order valence-corrected chi connectivity index (χ4v) is 3.68. The zero-order chi connectivity index (χ0) is 16.7. The lowest BCUT2D eigenvalue weighted by Gasteiger charge is -2.10. The first-order chi connectivity index (χ1) is 11.1. The van der Waals surface area contributed by atoms with Crippen LogP contribution in [0.5, 0.6) is 0 Å². The van der Waals surface area contributed by atoms with E-state index in [-0.39, 0.29) is 11.2 Å². The van der Waals surface area contributed by atoms with Crippen LogP contribution in [0.2, 0.25) is 5.02 Å². The Labute approximate surface area is 148 Å². The lowest BCUT2D eigenvalue weighted by atomic mass is 10.2. The molecule has 1 heterocycles. The third-order valence-electron chi connectivity index (χ3n) is 2.83. The van der Waals surface area contributed by atoms with E-state index in [4.69, 9.17) is 11.6 Å². The summed E-state index contributed by atoms with van der Waals surface area (Å²) >= 11 is 8.65. The molecule has 0 aliphatic rings. The van der Waals surface area contributed by atoms with Gasteiger partial charge in [0.2, 0.25) is 11.0 Å². The van der Waals surface area contributed by atoms with Crippen LogP contribution in [0.1, 0.15) is 12.5 Å². The smallest absolute Gasteiger partial charge is 0.233 e. The highest BCUT2D eigenvalue weighted by atomic mass is 35.5. The molecule has 122 valence electrons. The van der Waals surface area contributed by atoms with Crippen molar-refractivity contribution in [1.29, 1.82) is 0 Å². The summed E-state index contributed by atoms with van der Waals surface area (Å²) in [4.78, 5) is 12.1. The van der Waals surface area contributed by atoms with Crippen LogP contribution < -0.4 is 10.6 Å². The van der Waals surface area contributed by atoms with Crippen LogP contribution in [-0.2, 0) is 11.3 Å². The van der Waals surface area contributed by atoms with E-state index in [2.05, 4.69) is 27.4 Å². The molecule has 5 nitrogen and oxygen atoms in total. The summed E-state index contributed by atoms with van der Waals surface area (Å²) in [6, 6.07) is 7.39. The van der Waals surface area contributed by atoms with Gasteiger partial charge in [0.25, 0.3) is 0 Å². The molecule has 1 atom stereocenters. The number of halogens is 1. The number of anilines is 1. The maximum Gasteiger partial charge on any atom is 0.233 e. The summed E-state index contributed by atoms with van der Waals surface area (Å²) in [5.41, 5.74) is 1.01. The Bertz CT molecular complexity index is 660. The number of rotatable bonds is 8. The van der Waals surface area contributed by atoms with Gasteiger partial charge in [-0.3, -0.25) is 4.79 Å². The van der Waals surface area contributed by atoms with Crippen molar-refractivity contribution in [2.75, 3.05) is 11.9 Å². The van der Waals surface area contributed by atoms with Gasteiger partial charge in [-0.15, -0.1) is 16.8 Å². The Kier molecular flexibility index (Phi) is 6.88. The second kappa shape index (κ2) is 8.90. The number of nitrogens with zero attached hydrogens (tertiary/aromatic N) is 2. The molecule has 0 saturated heterocycles. The summed E-state index contributed by atoms with van der Waals surface area (Å²) in [5.74, 6) is -0.0410. The van der Waals surface area contributed by atoms with Crippen molar-refractivity contribution in [2.24, 2.45) is 0 Å². The molecule has 1 aromatic carbocycles. The highest BCUT2D eigenvalue weighted by molar-refractivity contribution is 8.02. The quantitative estimate of drug-likeness (QED) is 0.550. The molecule has 2 aromatic rings. The van der Waals surface area contributed by atoms with Crippen LogP contribution in [0.4, 0.5) is 5.13 Å². The van der Waals surface area contributed by atoms with Gasteiger partial charge in [0.05, 0.1) is 5.25 Å². The molecule has 8 heteroatoms. The highest BCUT2D eigenvalue weighted by Gasteiger charge is 2.16. The van der Waals surface area contributed by atoms with Gasteiger partial charge in [-0.05, 0) is 24.6 Å². The summed E-state index contributed by atoms with van der Waals surface area (Å²) < 4.78 is 0.755. The first-order valence-electron chi connectivity index (χ1n) is 6.95. The Morgan fingerprint density at radius 2 is 2.17 bits per heavy atom. The minimum Gasteiger partial charge on any atom is -0.357 e. The lowest BCUT2D eigenvalue weighted by molar-refractivity contribution is -0.120. The highest BCUT2D eigenvalue weighted by Crippen LogP contribution is 2.28. The average molecular weight is 369 g/mol. The Morgan fingerprint density at radius 1 is 1.43 bits per heavy atom. The number of thioether (sulfide) groups is 1. The van der Waals surface area contributed by atoms with Gasteiger partial charge in [0, 0.05) is 18.1 Å². The molecule has 0 bridgehead atoms. The van der Waals surface area contributed by atoms with Crippen molar-refractivity contribution in [3.63, 3.8) is 0 Å². The molecule has 0 saturated carbocycles. The molecular weight excluding hydrogens is 352 g/mol. The van der Waals surface area contributed by atoms with Gasteiger partial charge >= 0.3 is 0 Å². The largest absolute Gasteiger partial charge is 0.357 e. The number of nitrogens with one attached hydrogen (secondary N) is 2. The minimum absolute atomic E-state index is 0.0410. The molecule has 2 rings (SSSR count). The fraction of sp³-hybridized carbons (Fsp3) is 0.267. The molecule has 23 heavy (non-hydrogen) atoms. The molecule has 0 radical (unpaired) electrons. The van der Waals surface area contributed by atoms with E-state index in [1.807, 2.05) is 19.1 Å². The van der Waals surface area contributed by atoms with Gasteiger partial charge in [0.1, 0.15) is 0 Å². The number of aromatic nitrogens is 2. The van der Waals surface area contributed by atoms with E-state index in [0.29, 0.717) is 18.1 Å². The minimum atomic E-state index is -0.248. The zero-order valence-electron chi connectivity index (χ0n) is 12.6. The maximum absolute atomic E-state index is 12.1. The molecule has 0 aliphatic carbocycles. The van der Waals surface area contributed by atoms with E-state index in [0.717, 1.165) is 15.0 Å². The maximum atomic E-state index is 12.1. The van der Waals surface area contributed by atoms with Crippen molar-refractivity contribution in [3.8, 4) is 0 Å². The molecular formula is C15H17ClN4OS2. The number of hydrogen-bond donors (Lipinski definition) is 2. The molecule has 0 fully saturated rings. The molecule has 0 spiro atoms. The van der Waals surface area contributed by atoms with Gasteiger partial charge in [-0.25, -0.2) is 0 Å². The number of carbonyl (C=O) groups is 1. The third-order valence-corrected chi connectivity index (χ3v) is 5.15. The molecule has 1 amide bonds. The average Bonchev–Trinajstić information content (AvgIpc) is 2.99. The third kappa shape index (κ3) is 5.85. The Morgan fingerprint density at radius 3 is 2.87 bits per heavy atom. The van der Waals surface area contributed by atoms with Crippen LogP contribution in [0.3, 0.4) is 0 Å². The molecule has 1 unspecified atom stereocenters. The lowest BCUT2D eigenvalue weighted by Crippen LogP contribution is -2.30. The van der Waals surface area contributed by atoms with Crippen molar-refractivity contribution in [2.45, 2.75) is 23.1 Å². The van der Waals surface area contributed by atoms with E-state index >= 15 is 0 Å². The van der Waals surface area contributed by atoms with Gasteiger partial charge < -0.3 is 10.6 Å². The summed E-state index contributed by atoms with van der Waals surface area (Å²) in [6.07, 6.45) is 1.75. The van der Waals surface area contributed by atoms with E-state index in [1.54, 1.807) is 18.2 Å². The summed E-state index contributed by atoms with van der Waals surface area (Å²) in [5, 5.41) is 15.2. The van der Waals surface area contributed by atoms with Crippen LogP contribution in [-0.4, -0.2) is 27.9 Å². The topological polar surface area (TPSA) is 66.9 Å². The summed E-state index contributed by atoms with van der Waals surface area (Å²) in [6.45, 7) is 6.59. The fourth-order valence-electron chi connectivity index (χ4n) is 1.63. The van der Waals surface area contributed by atoms with Crippen molar-refractivity contribution >= 4 is 45.7 Å².